The first kappa shape index (κ1) is 23.9. The quantitative estimate of drug-likeness (QED) is 0.671. The molecule has 3 heterocycles. The van der Waals surface area contributed by atoms with Crippen LogP contribution in [-0.2, 0) is 19.6 Å². The molecule has 10 heteroatoms. The molecule has 1 unspecified atom stereocenters. The Labute approximate surface area is 199 Å². The number of hydrogen-bond acceptors (Lipinski definition) is 6. The van der Waals surface area contributed by atoms with E-state index in [9.17, 15) is 18.0 Å². The summed E-state index contributed by atoms with van der Waals surface area (Å²) in [6.45, 7) is 6.76. The Morgan fingerprint density at radius 1 is 1.06 bits per heavy atom. The standard InChI is InChI=1S/C23H30N4O4S2/c1-17-6-3-7-19(18(17)2)24-21(28)16-25-11-13-26(14-12-25)23(29)20-8-4-10-27(20)33(30,31)22-9-5-15-32-22/h3,5-7,9,15,20H,4,8,10-14,16H2,1-2H3,(H,24,28). The number of rotatable bonds is 6. The number of carbonyl (C=O) groups excluding carboxylic acids is 2. The highest BCUT2D eigenvalue weighted by Crippen LogP contribution is 2.29. The molecule has 2 amide bonds. The number of anilines is 1. The van der Waals surface area contributed by atoms with Gasteiger partial charge in [0.25, 0.3) is 10.0 Å². The molecule has 2 aliphatic rings. The predicted octanol–water partition coefficient (Wildman–Crippen LogP) is 2.30. The second-order valence-corrected chi connectivity index (χ2v) is 11.7. The first-order valence-electron chi connectivity index (χ1n) is 11.2. The summed E-state index contributed by atoms with van der Waals surface area (Å²) < 4.78 is 27.6. The van der Waals surface area contributed by atoms with Gasteiger partial charge in [-0.25, -0.2) is 8.42 Å². The molecule has 8 nitrogen and oxygen atoms in total. The number of benzene rings is 1. The Morgan fingerprint density at radius 2 is 1.82 bits per heavy atom. The van der Waals surface area contributed by atoms with Crippen LogP contribution < -0.4 is 5.32 Å². The maximum absolute atomic E-state index is 13.2. The van der Waals surface area contributed by atoms with Gasteiger partial charge in [0.05, 0.1) is 6.54 Å². The number of sulfonamides is 1. The zero-order valence-corrected chi connectivity index (χ0v) is 20.6. The van der Waals surface area contributed by atoms with Crippen molar-refractivity contribution in [3.63, 3.8) is 0 Å². The summed E-state index contributed by atoms with van der Waals surface area (Å²) >= 11 is 1.17. The number of nitrogens with zero attached hydrogens (tertiary/aromatic N) is 3. The lowest BCUT2D eigenvalue weighted by Gasteiger charge is -2.36. The Bertz CT molecular complexity index is 1110. The van der Waals surface area contributed by atoms with Crippen LogP contribution in [-0.4, -0.2) is 79.6 Å². The topological polar surface area (TPSA) is 90.0 Å². The fourth-order valence-corrected chi connectivity index (χ4v) is 7.19. The largest absolute Gasteiger partial charge is 0.339 e. The van der Waals surface area contributed by atoms with E-state index in [1.165, 1.54) is 15.6 Å². The van der Waals surface area contributed by atoms with Crippen LogP contribution in [0.2, 0.25) is 0 Å². The minimum Gasteiger partial charge on any atom is -0.339 e. The third-order valence-corrected chi connectivity index (χ3v) is 9.76. The molecule has 0 spiro atoms. The molecule has 1 atom stereocenters. The van der Waals surface area contributed by atoms with Gasteiger partial charge in [-0.3, -0.25) is 14.5 Å². The molecule has 0 radical (unpaired) electrons. The summed E-state index contributed by atoms with van der Waals surface area (Å²) in [5.41, 5.74) is 3.00. The van der Waals surface area contributed by atoms with Gasteiger partial charge in [0.2, 0.25) is 11.8 Å². The van der Waals surface area contributed by atoms with Crippen molar-refractivity contribution in [1.29, 1.82) is 0 Å². The molecule has 4 rings (SSSR count). The molecule has 0 saturated carbocycles. The molecule has 178 valence electrons. The number of nitrogens with one attached hydrogen (secondary N) is 1. The lowest BCUT2D eigenvalue weighted by Crippen LogP contribution is -2.55. The van der Waals surface area contributed by atoms with Crippen molar-refractivity contribution in [2.24, 2.45) is 0 Å². The van der Waals surface area contributed by atoms with Crippen LogP contribution in [0.5, 0.6) is 0 Å². The molecule has 1 N–H and O–H groups in total. The SMILES string of the molecule is Cc1cccc(NC(=O)CN2CCN(C(=O)C3CCCN3S(=O)(=O)c3cccs3)CC2)c1C. The van der Waals surface area contributed by atoms with Gasteiger partial charge in [-0.1, -0.05) is 18.2 Å². The summed E-state index contributed by atoms with van der Waals surface area (Å²) in [4.78, 5) is 29.5. The molecule has 2 saturated heterocycles. The summed E-state index contributed by atoms with van der Waals surface area (Å²) in [7, 11) is -3.65. The molecule has 2 aliphatic heterocycles. The van der Waals surface area contributed by atoms with Crippen molar-refractivity contribution >= 4 is 38.9 Å². The van der Waals surface area contributed by atoms with E-state index in [1.807, 2.05) is 36.9 Å². The Morgan fingerprint density at radius 3 is 2.52 bits per heavy atom. The maximum Gasteiger partial charge on any atom is 0.253 e. The van der Waals surface area contributed by atoms with Crippen molar-refractivity contribution < 1.29 is 18.0 Å². The lowest BCUT2D eigenvalue weighted by atomic mass is 10.1. The number of carbonyl (C=O) groups is 2. The number of amides is 2. The Hall–Kier alpha value is -2.27. The summed E-state index contributed by atoms with van der Waals surface area (Å²) in [5.74, 6) is -0.209. The van der Waals surface area contributed by atoms with E-state index in [0.29, 0.717) is 45.6 Å². The third kappa shape index (κ3) is 5.13. The van der Waals surface area contributed by atoms with Crippen LogP contribution in [0.1, 0.15) is 24.0 Å². The molecule has 2 fully saturated rings. The average molecular weight is 491 g/mol. The first-order valence-corrected chi connectivity index (χ1v) is 13.5. The Kier molecular flexibility index (Phi) is 7.18. The van der Waals surface area contributed by atoms with Crippen LogP contribution in [0.15, 0.2) is 39.9 Å². The molecule has 0 aliphatic carbocycles. The van der Waals surface area contributed by atoms with E-state index >= 15 is 0 Å². The van der Waals surface area contributed by atoms with Crippen LogP contribution in [0.25, 0.3) is 0 Å². The van der Waals surface area contributed by atoms with Crippen LogP contribution in [0, 0.1) is 13.8 Å². The van der Waals surface area contributed by atoms with Crippen molar-refractivity contribution in [2.75, 3.05) is 44.6 Å². The highest BCUT2D eigenvalue weighted by atomic mass is 32.2. The van der Waals surface area contributed by atoms with E-state index in [4.69, 9.17) is 0 Å². The van der Waals surface area contributed by atoms with Gasteiger partial charge in [0.1, 0.15) is 10.3 Å². The van der Waals surface area contributed by atoms with E-state index in [1.54, 1.807) is 22.4 Å². The van der Waals surface area contributed by atoms with E-state index in [2.05, 4.69) is 5.32 Å². The fraction of sp³-hybridized carbons (Fsp3) is 0.478. The number of aryl methyl sites for hydroxylation is 1. The van der Waals surface area contributed by atoms with Gasteiger partial charge in [-0.15, -0.1) is 11.3 Å². The van der Waals surface area contributed by atoms with Crippen LogP contribution >= 0.6 is 11.3 Å². The Balaban J connectivity index is 1.31. The van der Waals surface area contributed by atoms with Crippen molar-refractivity contribution in [3.8, 4) is 0 Å². The van der Waals surface area contributed by atoms with E-state index in [0.717, 1.165) is 16.8 Å². The smallest absolute Gasteiger partial charge is 0.253 e. The molecule has 1 aromatic heterocycles. The number of thiophene rings is 1. The molecule has 2 aromatic rings. The second-order valence-electron chi connectivity index (χ2n) is 8.60. The monoisotopic (exact) mass is 490 g/mol. The zero-order valence-electron chi connectivity index (χ0n) is 19.0. The van der Waals surface area contributed by atoms with E-state index in [-0.39, 0.29) is 22.6 Å². The molecular weight excluding hydrogens is 460 g/mol. The minimum atomic E-state index is -3.65. The van der Waals surface area contributed by atoms with Crippen molar-refractivity contribution in [2.45, 2.75) is 36.9 Å². The van der Waals surface area contributed by atoms with Gasteiger partial charge in [-0.05, 0) is 55.3 Å². The van der Waals surface area contributed by atoms with E-state index < -0.39 is 16.1 Å². The zero-order chi connectivity index (χ0) is 23.6. The summed E-state index contributed by atoms with van der Waals surface area (Å²) in [6.07, 6.45) is 1.22. The maximum atomic E-state index is 13.2. The van der Waals surface area contributed by atoms with Crippen LogP contribution in [0.4, 0.5) is 5.69 Å². The van der Waals surface area contributed by atoms with Crippen molar-refractivity contribution in [3.05, 3.63) is 46.8 Å². The normalized spacial score (nSPS) is 20.2. The van der Waals surface area contributed by atoms with Gasteiger partial charge in [-0.2, -0.15) is 4.31 Å². The third-order valence-electron chi connectivity index (χ3n) is 6.48. The number of piperazine rings is 1. The predicted molar refractivity (Wildman–Crippen MR) is 129 cm³/mol. The second kappa shape index (κ2) is 9.92. The highest BCUT2D eigenvalue weighted by molar-refractivity contribution is 7.91. The molecule has 33 heavy (non-hydrogen) atoms. The minimum absolute atomic E-state index is 0.0764. The van der Waals surface area contributed by atoms with Gasteiger partial charge in [0.15, 0.2) is 0 Å². The van der Waals surface area contributed by atoms with Gasteiger partial charge < -0.3 is 10.2 Å². The fourth-order valence-electron chi connectivity index (χ4n) is 4.42. The lowest BCUT2D eigenvalue weighted by molar-refractivity contribution is -0.136. The summed E-state index contributed by atoms with van der Waals surface area (Å²) in [6, 6.07) is 8.48. The van der Waals surface area contributed by atoms with Crippen molar-refractivity contribution in [1.82, 2.24) is 14.1 Å². The average Bonchev–Trinajstić information content (AvgIpc) is 3.50. The first-order chi connectivity index (χ1) is 15.8. The van der Waals surface area contributed by atoms with Gasteiger partial charge >= 0.3 is 0 Å². The number of hydrogen-bond donors (Lipinski definition) is 1. The van der Waals surface area contributed by atoms with Crippen LogP contribution in [0.3, 0.4) is 0 Å². The van der Waals surface area contributed by atoms with Gasteiger partial charge in [0, 0.05) is 38.4 Å². The highest BCUT2D eigenvalue weighted by Gasteiger charge is 2.42. The molecular formula is C23H30N4O4S2. The molecule has 1 aromatic carbocycles. The molecule has 0 bridgehead atoms. The summed E-state index contributed by atoms with van der Waals surface area (Å²) in [5, 5.41) is 4.71.